The molecule has 60 valence electrons. The minimum atomic E-state index is -0.0275. The molecule has 0 aromatic carbocycles. The Hall–Kier alpha value is -1.16. The van der Waals surface area contributed by atoms with E-state index in [2.05, 4.69) is 9.97 Å². The molecule has 1 aromatic rings. The van der Waals surface area contributed by atoms with Gasteiger partial charge in [0.15, 0.2) is 0 Å². The molecule has 0 radical (unpaired) electrons. The van der Waals surface area contributed by atoms with Crippen molar-refractivity contribution < 1.29 is 0 Å². The van der Waals surface area contributed by atoms with Crippen molar-refractivity contribution in [3.05, 3.63) is 18.0 Å². The minimum Gasteiger partial charge on any atom is -0.368 e. The summed E-state index contributed by atoms with van der Waals surface area (Å²) < 4.78 is 0. The van der Waals surface area contributed by atoms with Gasteiger partial charge in [0.05, 0.1) is 5.69 Å². The van der Waals surface area contributed by atoms with E-state index < -0.39 is 0 Å². The SMILES string of the molecule is CCC(N)c1ccnc(N)n1. The molecule has 4 nitrogen and oxygen atoms in total. The molecule has 0 aliphatic carbocycles. The van der Waals surface area contributed by atoms with E-state index in [0.29, 0.717) is 0 Å². The molecule has 0 saturated carbocycles. The molecule has 0 amide bonds. The van der Waals surface area contributed by atoms with Crippen LogP contribution in [0.4, 0.5) is 5.95 Å². The van der Waals surface area contributed by atoms with E-state index in [9.17, 15) is 0 Å². The molecule has 4 N–H and O–H groups in total. The first-order chi connectivity index (χ1) is 5.24. The van der Waals surface area contributed by atoms with E-state index >= 15 is 0 Å². The Labute approximate surface area is 65.6 Å². The van der Waals surface area contributed by atoms with Crippen LogP contribution in [0.5, 0.6) is 0 Å². The van der Waals surface area contributed by atoms with Crippen LogP contribution in [0, 0.1) is 0 Å². The van der Waals surface area contributed by atoms with Gasteiger partial charge in [0, 0.05) is 12.2 Å². The fourth-order valence-corrected chi connectivity index (χ4v) is 0.804. The van der Waals surface area contributed by atoms with Crippen molar-refractivity contribution in [1.82, 2.24) is 9.97 Å². The largest absolute Gasteiger partial charge is 0.368 e. The molecule has 0 aliphatic rings. The van der Waals surface area contributed by atoms with Crippen LogP contribution in [-0.2, 0) is 0 Å². The van der Waals surface area contributed by atoms with Crippen LogP contribution in [0.15, 0.2) is 12.3 Å². The summed E-state index contributed by atoms with van der Waals surface area (Å²) in [5.41, 5.74) is 11.9. The van der Waals surface area contributed by atoms with Crippen LogP contribution >= 0.6 is 0 Å². The summed E-state index contributed by atoms with van der Waals surface area (Å²) in [6.45, 7) is 2.00. The molecule has 11 heavy (non-hydrogen) atoms. The Morgan fingerprint density at radius 1 is 1.64 bits per heavy atom. The van der Waals surface area contributed by atoms with Crippen LogP contribution in [0.1, 0.15) is 25.1 Å². The van der Waals surface area contributed by atoms with Crippen molar-refractivity contribution in [2.24, 2.45) is 5.73 Å². The van der Waals surface area contributed by atoms with Crippen molar-refractivity contribution in [1.29, 1.82) is 0 Å². The highest BCUT2D eigenvalue weighted by atomic mass is 15.0. The fraction of sp³-hybridized carbons (Fsp3) is 0.429. The Kier molecular flexibility index (Phi) is 2.38. The van der Waals surface area contributed by atoms with Crippen LogP contribution in [0.25, 0.3) is 0 Å². The third-order valence-corrected chi connectivity index (χ3v) is 1.52. The molecular formula is C7H12N4. The molecule has 1 unspecified atom stereocenters. The van der Waals surface area contributed by atoms with Gasteiger partial charge in [-0.1, -0.05) is 6.92 Å². The van der Waals surface area contributed by atoms with E-state index in [0.717, 1.165) is 12.1 Å². The highest BCUT2D eigenvalue weighted by Gasteiger charge is 2.03. The third kappa shape index (κ3) is 1.88. The second-order valence-corrected chi connectivity index (χ2v) is 2.35. The first-order valence-electron chi connectivity index (χ1n) is 3.58. The highest BCUT2D eigenvalue weighted by molar-refractivity contribution is 5.18. The van der Waals surface area contributed by atoms with Gasteiger partial charge in [-0.05, 0) is 12.5 Å². The lowest BCUT2D eigenvalue weighted by molar-refractivity contribution is 0.674. The average molecular weight is 152 g/mol. The molecule has 0 saturated heterocycles. The molecule has 1 atom stereocenters. The maximum Gasteiger partial charge on any atom is 0.220 e. The van der Waals surface area contributed by atoms with Crippen molar-refractivity contribution >= 4 is 5.95 Å². The van der Waals surface area contributed by atoms with Crippen molar-refractivity contribution in [3.63, 3.8) is 0 Å². The summed E-state index contributed by atoms with van der Waals surface area (Å²) >= 11 is 0. The smallest absolute Gasteiger partial charge is 0.220 e. The Morgan fingerprint density at radius 3 is 2.91 bits per heavy atom. The lowest BCUT2D eigenvalue weighted by Crippen LogP contribution is -2.11. The topological polar surface area (TPSA) is 77.8 Å². The van der Waals surface area contributed by atoms with Crippen molar-refractivity contribution in [2.45, 2.75) is 19.4 Å². The van der Waals surface area contributed by atoms with Gasteiger partial charge in [-0.15, -0.1) is 0 Å². The zero-order chi connectivity index (χ0) is 8.27. The monoisotopic (exact) mass is 152 g/mol. The van der Waals surface area contributed by atoms with E-state index in [1.54, 1.807) is 12.3 Å². The number of aromatic nitrogens is 2. The van der Waals surface area contributed by atoms with Gasteiger partial charge < -0.3 is 11.5 Å². The standard InChI is InChI=1S/C7H12N4/c1-2-5(8)6-3-4-10-7(9)11-6/h3-5H,2,8H2,1H3,(H2,9,10,11). The highest BCUT2D eigenvalue weighted by Crippen LogP contribution is 2.09. The summed E-state index contributed by atoms with van der Waals surface area (Å²) in [4.78, 5) is 7.75. The minimum absolute atomic E-state index is 0.0275. The van der Waals surface area contributed by atoms with Crippen LogP contribution in [0.3, 0.4) is 0 Å². The van der Waals surface area contributed by atoms with Crippen LogP contribution in [0.2, 0.25) is 0 Å². The molecular weight excluding hydrogens is 140 g/mol. The molecule has 1 rings (SSSR count). The molecule has 1 heterocycles. The predicted octanol–water partition coefficient (Wildman–Crippen LogP) is 0.469. The second-order valence-electron chi connectivity index (χ2n) is 2.35. The summed E-state index contributed by atoms with van der Waals surface area (Å²) in [6.07, 6.45) is 2.48. The zero-order valence-corrected chi connectivity index (χ0v) is 6.49. The van der Waals surface area contributed by atoms with E-state index in [1.165, 1.54) is 0 Å². The van der Waals surface area contributed by atoms with Gasteiger partial charge in [0.1, 0.15) is 0 Å². The molecule has 4 heteroatoms. The number of nitrogen functional groups attached to an aromatic ring is 1. The van der Waals surface area contributed by atoms with E-state index in [4.69, 9.17) is 11.5 Å². The average Bonchev–Trinajstić information content (AvgIpc) is 2.03. The van der Waals surface area contributed by atoms with Gasteiger partial charge in [0.2, 0.25) is 5.95 Å². The van der Waals surface area contributed by atoms with Crippen LogP contribution in [-0.4, -0.2) is 9.97 Å². The predicted molar refractivity (Wildman–Crippen MR) is 43.7 cm³/mol. The normalized spacial score (nSPS) is 12.9. The fourth-order valence-electron chi connectivity index (χ4n) is 0.804. The molecule has 1 aromatic heterocycles. The zero-order valence-electron chi connectivity index (χ0n) is 6.49. The number of rotatable bonds is 2. The molecule has 0 fully saturated rings. The van der Waals surface area contributed by atoms with Crippen molar-refractivity contribution in [3.8, 4) is 0 Å². The lowest BCUT2D eigenvalue weighted by atomic mass is 10.2. The first-order valence-corrected chi connectivity index (χ1v) is 3.58. The molecule has 0 spiro atoms. The van der Waals surface area contributed by atoms with Gasteiger partial charge in [-0.3, -0.25) is 0 Å². The van der Waals surface area contributed by atoms with Gasteiger partial charge in [-0.2, -0.15) is 0 Å². The van der Waals surface area contributed by atoms with E-state index in [1.807, 2.05) is 6.92 Å². The van der Waals surface area contributed by atoms with E-state index in [-0.39, 0.29) is 12.0 Å². The maximum atomic E-state index is 5.72. The summed E-state index contributed by atoms with van der Waals surface area (Å²) in [5.74, 6) is 0.284. The lowest BCUT2D eigenvalue weighted by Gasteiger charge is -2.06. The molecule has 0 bridgehead atoms. The number of hydrogen-bond acceptors (Lipinski definition) is 4. The van der Waals surface area contributed by atoms with Gasteiger partial charge >= 0.3 is 0 Å². The second kappa shape index (κ2) is 3.30. The quantitative estimate of drug-likeness (QED) is 0.645. The Morgan fingerprint density at radius 2 is 2.36 bits per heavy atom. The number of anilines is 1. The van der Waals surface area contributed by atoms with Crippen molar-refractivity contribution in [2.75, 3.05) is 5.73 Å². The van der Waals surface area contributed by atoms with Gasteiger partial charge in [-0.25, -0.2) is 9.97 Å². The third-order valence-electron chi connectivity index (χ3n) is 1.52. The van der Waals surface area contributed by atoms with Gasteiger partial charge in [0.25, 0.3) is 0 Å². The summed E-state index contributed by atoms with van der Waals surface area (Å²) in [6, 6.07) is 1.75. The number of hydrogen-bond donors (Lipinski definition) is 2. The Balaban J connectivity index is 2.86. The first kappa shape index (κ1) is 7.94. The maximum absolute atomic E-state index is 5.72. The summed E-state index contributed by atoms with van der Waals surface area (Å²) in [7, 11) is 0. The van der Waals surface area contributed by atoms with Crippen LogP contribution < -0.4 is 11.5 Å². The number of nitrogens with two attached hydrogens (primary N) is 2. The Bertz CT molecular complexity index is 236. The molecule has 0 aliphatic heterocycles. The summed E-state index contributed by atoms with van der Waals surface area (Å²) in [5, 5.41) is 0. The number of nitrogens with zero attached hydrogens (tertiary/aromatic N) is 2.